The molecule has 0 aromatic carbocycles. The molecule has 0 spiro atoms. The first-order valence-corrected chi connectivity index (χ1v) is 7.93. The van der Waals surface area contributed by atoms with Gasteiger partial charge in [0, 0.05) is 12.6 Å². The Morgan fingerprint density at radius 2 is 2.33 bits per heavy atom. The normalized spacial score (nSPS) is 21.8. The summed E-state index contributed by atoms with van der Waals surface area (Å²) in [5.41, 5.74) is 0. The molecule has 18 heavy (non-hydrogen) atoms. The molecule has 1 aromatic rings. The molecule has 1 atom stereocenters. The highest BCUT2D eigenvalue weighted by molar-refractivity contribution is 7.91. The van der Waals surface area contributed by atoms with E-state index in [9.17, 15) is 8.42 Å². The topological polar surface area (TPSA) is 84.0 Å². The van der Waals surface area contributed by atoms with Gasteiger partial charge in [-0.15, -0.1) is 0 Å². The number of nitrogens with zero attached hydrogens (tertiary/aromatic N) is 2. The van der Waals surface area contributed by atoms with E-state index < -0.39 is 9.84 Å². The molecule has 1 unspecified atom stereocenters. The molecule has 0 bridgehead atoms. The number of aromatic nitrogens is 2. The lowest BCUT2D eigenvalue weighted by Gasteiger charge is -2.13. The van der Waals surface area contributed by atoms with Gasteiger partial charge in [0.05, 0.1) is 17.7 Å². The lowest BCUT2D eigenvalue weighted by Crippen LogP contribution is -2.21. The molecule has 1 aliphatic rings. The molecule has 1 saturated heterocycles. The fourth-order valence-electron chi connectivity index (χ4n) is 1.81. The lowest BCUT2D eigenvalue weighted by molar-refractivity contribution is 0.602. The third-order valence-corrected chi connectivity index (χ3v) is 4.70. The Balaban J connectivity index is 2.11. The standard InChI is InChI=1S/C10H15ClN4O2S/c1-2-12-10-13-5-8(11)9(15-10)14-7-3-4-18(16,17)6-7/h5,7H,2-4,6H2,1H3,(H2,12,13,14,15). The second-order valence-corrected chi connectivity index (χ2v) is 6.80. The molecule has 2 N–H and O–H groups in total. The van der Waals surface area contributed by atoms with Crippen LogP contribution in [0, 0.1) is 0 Å². The molecule has 8 heteroatoms. The number of anilines is 2. The van der Waals surface area contributed by atoms with E-state index in [1.54, 1.807) is 0 Å². The zero-order chi connectivity index (χ0) is 13.2. The first-order chi connectivity index (χ1) is 8.50. The summed E-state index contributed by atoms with van der Waals surface area (Å²) in [6.07, 6.45) is 2.08. The SMILES string of the molecule is CCNc1ncc(Cl)c(NC2CCS(=O)(=O)C2)n1. The van der Waals surface area contributed by atoms with E-state index in [4.69, 9.17) is 11.6 Å². The van der Waals surface area contributed by atoms with Gasteiger partial charge >= 0.3 is 0 Å². The Morgan fingerprint density at radius 3 is 2.94 bits per heavy atom. The molecular weight excluding hydrogens is 276 g/mol. The highest BCUT2D eigenvalue weighted by atomic mass is 35.5. The fraction of sp³-hybridized carbons (Fsp3) is 0.600. The molecular formula is C10H15ClN4O2S. The average molecular weight is 291 g/mol. The molecule has 1 aliphatic heterocycles. The van der Waals surface area contributed by atoms with Gasteiger partial charge in [-0.1, -0.05) is 11.6 Å². The zero-order valence-electron chi connectivity index (χ0n) is 9.98. The average Bonchev–Trinajstić information content (AvgIpc) is 2.63. The van der Waals surface area contributed by atoms with Crippen molar-refractivity contribution in [1.29, 1.82) is 0 Å². The van der Waals surface area contributed by atoms with Gasteiger partial charge in [-0.05, 0) is 13.3 Å². The Kier molecular flexibility index (Phi) is 3.91. The quantitative estimate of drug-likeness (QED) is 0.866. The van der Waals surface area contributed by atoms with Gasteiger partial charge in [-0.25, -0.2) is 13.4 Å². The monoisotopic (exact) mass is 290 g/mol. The van der Waals surface area contributed by atoms with Crippen LogP contribution in [0.15, 0.2) is 6.20 Å². The van der Waals surface area contributed by atoms with Gasteiger partial charge in [0.25, 0.3) is 0 Å². The first-order valence-electron chi connectivity index (χ1n) is 5.73. The van der Waals surface area contributed by atoms with Crippen LogP contribution >= 0.6 is 11.6 Å². The molecule has 2 rings (SSSR count). The van der Waals surface area contributed by atoms with Crippen LogP contribution in [0.1, 0.15) is 13.3 Å². The van der Waals surface area contributed by atoms with Crippen LogP contribution in [-0.2, 0) is 9.84 Å². The van der Waals surface area contributed by atoms with Crippen molar-refractivity contribution >= 4 is 33.2 Å². The molecule has 1 fully saturated rings. The minimum Gasteiger partial charge on any atom is -0.365 e. The Labute approximate surface area is 111 Å². The van der Waals surface area contributed by atoms with Gasteiger partial charge in [0.1, 0.15) is 5.02 Å². The van der Waals surface area contributed by atoms with E-state index in [2.05, 4.69) is 20.6 Å². The Morgan fingerprint density at radius 1 is 1.56 bits per heavy atom. The van der Waals surface area contributed by atoms with Crippen molar-refractivity contribution in [1.82, 2.24) is 9.97 Å². The predicted molar refractivity (Wildman–Crippen MR) is 71.9 cm³/mol. The molecule has 1 aromatic heterocycles. The summed E-state index contributed by atoms with van der Waals surface area (Å²) in [6.45, 7) is 2.65. The molecule has 0 amide bonds. The smallest absolute Gasteiger partial charge is 0.224 e. The highest BCUT2D eigenvalue weighted by Gasteiger charge is 2.28. The van der Waals surface area contributed by atoms with Crippen molar-refractivity contribution in [3.8, 4) is 0 Å². The third-order valence-electron chi connectivity index (χ3n) is 2.65. The second-order valence-electron chi connectivity index (χ2n) is 4.16. The highest BCUT2D eigenvalue weighted by Crippen LogP contribution is 2.23. The number of rotatable bonds is 4. The van der Waals surface area contributed by atoms with Gasteiger partial charge < -0.3 is 10.6 Å². The number of hydrogen-bond acceptors (Lipinski definition) is 6. The minimum absolute atomic E-state index is 0.128. The largest absolute Gasteiger partial charge is 0.365 e. The Bertz CT molecular complexity index is 535. The van der Waals surface area contributed by atoms with Crippen LogP contribution in [0.5, 0.6) is 0 Å². The van der Waals surface area contributed by atoms with Crippen LogP contribution in [-0.4, -0.2) is 42.5 Å². The van der Waals surface area contributed by atoms with Gasteiger partial charge in [-0.3, -0.25) is 0 Å². The fourth-order valence-corrected chi connectivity index (χ4v) is 3.63. The molecule has 6 nitrogen and oxygen atoms in total. The van der Waals surface area contributed by atoms with E-state index in [1.807, 2.05) is 6.92 Å². The molecule has 0 aliphatic carbocycles. The molecule has 100 valence electrons. The number of hydrogen-bond donors (Lipinski definition) is 2. The Hall–Kier alpha value is -1.08. The van der Waals surface area contributed by atoms with Crippen LogP contribution in [0.4, 0.5) is 11.8 Å². The van der Waals surface area contributed by atoms with Crippen molar-refractivity contribution in [2.45, 2.75) is 19.4 Å². The maximum Gasteiger partial charge on any atom is 0.224 e. The second kappa shape index (κ2) is 5.27. The lowest BCUT2D eigenvalue weighted by atomic mass is 10.2. The summed E-state index contributed by atoms with van der Waals surface area (Å²) in [4.78, 5) is 8.23. The van der Waals surface area contributed by atoms with Gasteiger partial charge in [0.2, 0.25) is 5.95 Å². The minimum atomic E-state index is -2.91. The van der Waals surface area contributed by atoms with Crippen molar-refractivity contribution in [3.63, 3.8) is 0 Å². The van der Waals surface area contributed by atoms with Crippen LogP contribution in [0.25, 0.3) is 0 Å². The molecule has 2 heterocycles. The summed E-state index contributed by atoms with van der Waals surface area (Å²) in [5, 5.41) is 6.43. The summed E-state index contributed by atoms with van der Waals surface area (Å²) in [5.74, 6) is 1.30. The summed E-state index contributed by atoms with van der Waals surface area (Å²) in [7, 11) is -2.91. The zero-order valence-corrected chi connectivity index (χ0v) is 11.6. The van der Waals surface area contributed by atoms with Crippen molar-refractivity contribution in [2.24, 2.45) is 0 Å². The van der Waals surface area contributed by atoms with E-state index >= 15 is 0 Å². The van der Waals surface area contributed by atoms with Gasteiger partial charge in [0.15, 0.2) is 15.7 Å². The van der Waals surface area contributed by atoms with Crippen molar-refractivity contribution in [2.75, 3.05) is 28.7 Å². The number of halogens is 1. The van der Waals surface area contributed by atoms with Crippen LogP contribution < -0.4 is 10.6 Å². The molecule has 0 radical (unpaired) electrons. The van der Waals surface area contributed by atoms with Gasteiger partial charge in [-0.2, -0.15) is 4.98 Å². The maximum absolute atomic E-state index is 11.4. The van der Waals surface area contributed by atoms with E-state index in [0.29, 0.717) is 29.8 Å². The summed E-state index contributed by atoms with van der Waals surface area (Å²) < 4.78 is 22.7. The van der Waals surface area contributed by atoms with Crippen LogP contribution in [0.3, 0.4) is 0 Å². The predicted octanol–water partition coefficient (Wildman–Crippen LogP) is 1.16. The molecule has 0 saturated carbocycles. The van der Waals surface area contributed by atoms with E-state index in [1.165, 1.54) is 6.20 Å². The van der Waals surface area contributed by atoms with E-state index in [0.717, 1.165) is 0 Å². The summed E-state index contributed by atoms with van der Waals surface area (Å²) in [6, 6.07) is -0.128. The van der Waals surface area contributed by atoms with Crippen molar-refractivity contribution < 1.29 is 8.42 Å². The van der Waals surface area contributed by atoms with Crippen molar-refractivity contribution in [3.05, 3.63) is 11.2 Å². The number of nitrogens with one attached hydrogen (secondary N) is 2. The number of sulfone groups is 1. The maximum atomic E-state index is 11.4. The summed E-state index contributed by atoms with van der Waals surface area (Å²) >= 11 is 5.98. The third kappa shape index (κ3) is 3.23. The van der Waals surface area contributed by atoms with E-state index in [-0.39, 0.29) is 17.5 Å². The first kappa shape index (κ1) is 13.4. The van der Waals surface area contributed by atoms with Crippen LogP contribution in [0.2, 0.25) is 5.02 Å².